The van der Waals surface area contributed by atoms with Crippen LogP contribution in [0.3, 0.4) is 0 Å². The Bertz CT molecular complexity index is 1440. The topological polar surface area (TPSA) is 120 Å². The van der Waals surface area contributed by atoms with Crippen LogP contribution in [0.15, 0.2) is 52.2 Å². The van der Waals surface area contributed by atoms with Crippen molar-refractivity contribution in [2.75, 3.05) is 5.32 Å². The Labute approximate surface area is 209 Å². The van der Waals surface area contributed by atoms with E-state index >= 15 is 0 Å². The lowest BCUT2D eigenvalue weighted by atomic mass is 10.2. The van der Waals surface area contributed by atoms with Crippen molar-refractivity contribution in [3.05, 3.63) is 74.8 Å². The number of aromatic nitrogens is 6. The molecule has 0 spiro atoms. The minimum Gasteiger partial charge on any atom is -0.322 e. The van der Waals surface area contributed by atoms with Gasteiger partial charge in [0.25, 0.3) is 5.56 Å². The minimum atomic E-state index is -0.453. The number of nitrogens with one attached hydrogen (secondary N) is 2. The summed E-state index contributed by atoms with van der Waals surface area (Å²) in [6, 6.07) is 11.7. The SMILES string of the molecule is CCCCn1c(=O)[nH]c(=O)c2c1nc(CCC(=O)Nc1ccnn1Cc1ccccc1)n2CC(C)C. The summed E-state index contributed by atoms with van der Waals surface area (Å²) in [6.45, 7) is 7.74. The first-order valence-electron chi connectivity index (χ1n) is 12.4. The molecule has 0 aliphatic carbocycles. The van der Waals surface area contributed by atoms with Gasteiger partial charge in [0.15, 0.2) is 11.2 Å². The Hall–Kier alpha value is -3.95. The number of hydrogen-bond donors (Lipinski definition) is 2. The Morgan fingerprint density at radius 2 is 1.89 bits per heavy atom. The standard InChI is InChI=1S/C26H33N7O3/c1-4-5-15-31-24-23(25(35)30-26(31)36)32(16-18(2)3)20(29-24)11-12-22(34)28-21-13-14-27-33(21)17-19-9-7-6-8-10-19/h6-10,13-14,18H,4-5,11-12,15-17H2,1-3H3,(H,28,34)(H,30,35,36). The number of fused-ring (bicyclic) bond motifs is 1. The summed E-state index contributed by atoms with van der Waals surface area (Å²) in [5.74, 6) is 1.31. The van der Waals surface area contributed by atoms with E-state index in [1.165, 1.54) is 4.57 Å². The number of amides is 1. The maximum atomic E-state index is 12.9. The molecule has 0 aliphatic heterocycles. The number of carbonyl (C=O) groups is 1. The van der Waals surface area contributed by atoms with Crippen LogP contribution in [0.1, 0.15) is 51.4 Å². The fraction of sp³-hybridized carbons (Fsp3) is 0.423. The molecule has 0 saturated heterocycles. The average molecular weight is 492 g/mol. The van der Waals surface area contributed by atoms with E-state index in [4.69, 9.17) is 4.98 Å². The molecule has 1 aromatic carbocycles. The van der Waals surface area contributed by atoms with E-state index in [0.717, 1.165) is 18.4 Å². The van der Waals surface area contributed by atoms with Gasteiger partial charge in [0.1, 0.15) is 11.6 Å². The first-order chi connectivity index (χ1) is 17.4. The average Bonchev–Trinajstić information content (AvgIpc) is 3.42. The molecule has 10 heteroatoms. The van der Waals surface area contributed by atoms with Crippen LogP contribution in [0.25, 0.3) is 11.2 Å². The first kappa shape index (κ1) is 25.2. The molecule has 0 unspecified atom stereocenters. The highest BCUT2D eigenvalue weighted by atomic mass is 16.2. The monoisotopic (exact) mass is 491 g/mol. The summed E-state index contributed by atoms with van der Waals surface area (Å²) in [4.78, 5) is 45.2. The fourth-order valence-corrected chi connectivity index (χ4v) is 4.25. The summed E-state index contributed by atoms with van der Waals surface area (Å²) < 4.78 is 5.13. The molecule has 4 aromatic rings. The molecule has 10 nitrogen and oxygen atoms in total. The number of aromatic amines is 1. The van der Waals surface area contributed by atoms with Gasteiger partial charge in [-0.2, -0.15) is 5.10 Å². The van der Waals surface area contributed by atoms with Crippen LogP contribution in [0.5, 0.6) is 0 Å². The molecule has 0 fully saturated rings. The van der Waals surface area contributed by atoms with Crippen molar-refractivity contribution in [1.29, 1.82) is 0 Å². The number of carbonyl (C=O) groups excluding carboxylic acids is 1. The lowest BCUT2D eigenvalue weighted by Gasteiger charge is -2.12. The van der Waals surface area contributed by atoms with Crippen molar-refractivity contribution in [2.24, 2.45) is 5.92 Å². The number of benzene rings is 1. The van der Waals surface area contributed by atoms with Gasteiger partial charge in [-0.15, -0.1) is 0 Å². The number of anilines is 1. The van der Waals surface area contributed by atoms with E-state index in [0.29, 0.717) is 48.9 Å². The van der Waals surface area contributed by atoms with Crippen molar-refractivity contribution in [3.63, 3.8) is 0 Å². The number of aryl methyl sites for hydroxylation is 2. The maximum absolute atomic E-state index is 12.9. The molecule has 0 aliphatic rings. The van der Waals surface area contributed by atoms with Gasteiger partial charge in [0.2, 0.25) is 5.91 Å². The molecule has 3 heterocycles. The molecule has 3 aromatic heterocycles. The van der Waals surface area contributed by atoms with Gasteiger partial charge in [-0.05, 0) is 17.9 Å². The molecule has 0 radical (unpaired) electrons. The molecule has 4 rings (SSSR count). The summed E-state index contributed by atoms with van der Waals surface area (Å²) in [5.41, 5.74) is 0.950. The molecule has 36 heavy (non-hydrogen) atoms. The third kappa shape index (κ3) is 5.64. The van der Waals surface area contributed by atoms with Crippen molar-refractivity contribution in [3.8, 4) is 0 Å². The zero-order valence-electron chi connectivity index (χ0n) is 21.0. The lowest BCUT2D eigenvalue weighted by molar-refractivity contribution is -0.116. The van der Waals surface area contributed by atoms with Crippen molar-refractivity contribution in [2.45, 2.75) is 66.1 Å². The summed E-state index contributed by atoms with van der Waals surface area (Å²) in [6.07, 6.45) is 3.87. The number of hydrogen-bond acceptors (Lipinski definition) is 5. The Balaban J connectivity index is 1.55. The quantitative estimate of drug-likeness (QED) is 0.334. The molecule has 0 saturated carbocycles. The Morgan fingerprint density at radius 1 is 1.11 bits per heavy atom. The van der Waals surface area contributed by atoms with Crippen molar-refractivity contribution in [1.82, 2.24) is 28.9 Å². The van der Waals surface area contributed by atoms with E-state index in [1.807, 2.05) is 41.8 Å². The van der Waals surface area contributed by atoms with Gasteiger partial charge in [-0.1, -0.05) is 57.5 Å². The van der Waals surface area contributed by atoms with E-state index in [2.05, 4.69) is 29.2 Å². The van der Waals surface area contributed by atoms with Crippen LogP contribution in [0, 0.1) is 5.92 Å². The molecule has 0 atom stereocenters. The summed E-state index contributed by atoms with van der Waals surface area (Å²) >= 11 is 0. The van der Waals surface area contributed by atoms with Crippen LogP contribution in [0.4, 0.5) is 5.82 Å². The molecule has 0 bridgehead atoms. The molecule has 1 amide bonds. The smallest absolute Gasteiger partial charge is 0.322 e. The predicted molar refractivity (Wildman–Crippen MR) is 139 cm³/mol. The highest BCUT2D eigenvalue weighted by molar-refractivity contribution is 5.90. The number of rotatable bonds is 11. The van der Waals surface area contributed by atoms with Gasteiger partial charge in [0.05, 0.1) is 12.7 Å². The second-order valence-corrected chi connectivity index (χ2v) is 9.38. The van der Waals surface area contributed by atoms with Crippen LogP contribution in [-0.2, 0) is 30.8 Å². The van der Waals surface area contributed by atoms with Gasteiger partial charge < -0.3 is 9.88 Å². The van der Waals surface area contributed by atoms with Crippen molar-refractivity contribution < 1.29 is 4.79 Å². The highest BCUT2D eigenvalue weighted by Crippen LogP contribution is 2.17. The van der Waals surface area contributed by atoms with Gasteiger partial charge >= 0.3 is 5.69 Å². The van der Waals surface area contributed by atoms with Crippen LogP contribution >= 0.6 is 0 Å². The molecular formula is C26H33N7O3. The van der Waals surface area contributed by atoms with Crippen molar-refractivity contribution >= 4 is 22.9 Å². The number of nitrogens with zero attached hydrogens (tertiary/aromatic N) is 5. The van der Waals surface area contributed by atoms with E-state index in [1.54, 1.807) is 16.9 Å². The third-order valence-corrected chi connectivity index (χ3v) is 5.98. The first-order valence-corrected chi connectivity index (χ1v) is 12.4. The number of unbranched alkanes of at least 4 members (excludes halogenated alkanes) is 1. The Kier molecular flexibility index (Phi) is 7.82. The number of H-pyrrole nitrogens is 1. The molecular weight excluding hydrogens is 458 g/mol. The van der Waals surface area contributed by atoms with E-state index < -0.39 is 11.2 Å². The van der Waals surface area contributed by atoms with Crippen LogP contribution in [-0.4, -0.2) is 34.8 Å². The summed E-state index contributed by atoms with van der Waals surface area (Å²) in [5, 5.41) is 7.26. The molecule has 190 valence electrons. The predicted octanol–water partition coefficient (Wildman–Crippen LogP) is 3.16. The largest absolute Gasteiger partial charge is 0.330 e. The maximum Gasteiger partial charge on any atom is 0.330 e. The zero-order valence-corrected chi connectivity index (χ0v) is 21.0. The van der Waals surface area contributed by atoms with E-state index in [-0.39, 0.29) is 18.2 Å². The minimum absolute atomic E-state index is 0.176. The van der Waals surface area contributed by atoms with E-state index in [9.17, 15) is 14.4 Å². The summed E-state index contributed by atoms with van der Waals surface area (Å²) in [7, 11) is 0. The second kappa shape index (κ2) is 11.2. The van der Waals surface area contributed by atoms with Crippen LogP contribution in [0.2, 0.25) is 0 Å². The zero-order chi connectivity index (χ0) is 25.7. The highest BCUT2D eigenvalue weighted by Gasteiger charge is 2.20. The third-order valence-electron chi connectivity index (χ3n) is 5.98. The normalized spacial score (nSPS) is 11.4. The van der Waals surface area contributed by atoms with Gasteiger partial charge in [-0.3, -0.25) is 19.1 Å². The van der Waals surface area contributed by atoms with Crippen LogP contribution < -0.4 is 16.6 Å². The van der Waals surface area contributed by atoms with Gasteiger partial charge in [-0.25, -0.2) is 14.5 Å². The number of imidazole rings is 1. The second-order valence-electron chi connectivity index (χ2n) is 9.38. The molecule has 2 N–H and O–H groups in total. The van der Waals surface area contributed by atoms with Gasteiger partial charge in [0, 0.05) is 32.0 Å². The lowest BCUT2D eigenvalue weighted by Crippen LogP contribution is -2.31. The Morgan fingerprint density at radius 3 is 2.61 bits per heavy atom. The fourth-order valence-electron chi connectivity index (χ4n) is 4.25.